The van der Waals surface area contributed by atoms with Crippen LogP contribution in [0.1, 0.15) is 13.8 Å². The Morgan fingerprint density at radius 3 is 2.64 bits per heavy atom. The summed E-state index contributed by atoms with van der Waals surface area (Å²) < 4.78 is 6.37. The van der Waals surface area contributed by atoms with Gasteiger partial charge in [-0.1, -0.05) is 11.8 Å². The van der Waals surface area contributed by atoms with Gasteiger partial charge in [-0.05, 0) is 41.9 Å². The third-order valence-electron chi connectivity index (χ3n) is 1.58. The normalized spacial score (nSPS) is 11.4. The zero-order valence-corrected chi connectivity index (χ0v) is 11.4. The number of hydrogen-bond acceptors (Lipinski definition) is 4. The van der Waals surface area contributed by atoms with E-state index in [-0.39, 0.29) is 5.97 Å². The number of rotatable bonds is 3. The zero-order valence-electron chi connectivity index (χ0n) is 8.17. The van der Waals surface area contributed by atoms with E-state index in [2.05, 4.69) is 15.9 Å². The van der Waals surface area contributed by atoms with Crippen molar-refractivity contribution in [3.05, 3.63) is 15.9 Å². The van der Waals surface area contributed by atoms with Crippen LogP contribution >= 0.6 is 39.0 Å². The average molecular weight is 295 g/mol. The molecular weight excluding hydrogens is 284 g/mol. The van der Waals surface area contributed by atoms with Gasteiger partial charge in [-0.25, -0.2) is 0 Å². The first-order valence-corrected chi connectivity index (χ1v) is 6.41. The minimum Gasteiger partial charge on any atom is -0.468 e. The van der Waals surface area contributed by atoms with E-state index in [1.54, 1.807) is 11.3 Å². The number of ether oxygens (including phenoxy) is 1. The Bertz CT molecular complexity index is 333. The quantitative estimate of drug-likeness (QED) is 0.630. The fourth-order valence-electron chi connectivity index (χ4n) is 0.891. The summed E-state index contributed by atoms with van der Waals surface area (Å²) in [5, 5.41) is 0. The van der Waals surface area contributed by atoms with Gasteiger partial charge in [0.2, 0.25) is 0 Å². The number of esters is 1. The molecule has 14 heavy (non-hydrogen) atoms. The molecule has 2 nitrogen and oxygen atoms in total. The summed E-state index contributed by atoms with van der Waals surface area (Å²) in [6.45, 7) is 3.72. The predicted molar refractivity (Wildman–Crippen MR) is 64.0 cm³/mol. The maximum Gasteiger partial charge on any atom is 0.321 e. The van der Waals surface area contributed by atoms with Gasteiger partial charge in [0.25, 0.3) is 0 Å². The number of carbonyl (C=O) groups excluding carboxylic acids is 1. The van der Waals surface area contributed by atoms with Crippen molar-refractivity contribution in [1.29, 1.82) is 0 Å². The molecule has 0 saturated heterocycles. The third kappa shape index (κ3) is 3.00. The summed E-state index contributed by atoms with van der Waals surface area (Å²) in [5.41, 5.74) is 0. The first kappa shape index (κ1) is 12.1. The lowest BCUT2D eigenvalue weighted by Crippen LogP contribution is -2.28. The molecule has 1 aromatic heterocycles. The lowest BCUT2D eigenvalue weighted by Gasteiger charge is -2.19. The zero-order chi connectivity index (χ0) is 10.8. The van der Waals surface area contributed by atoms with E-state index in [1.807, 2.05) is 26.0 Å². The van der Waals surface area contributed by atoms with Crippen LogP contribution in [0.5, 0.6) is 0 Å². The molecule has 0 bridgehead atoms. The summed E-state index contributed by atoms with van der Waals surface area (Å²) in [6.07, 6.45) is 0. The number of methoxy groups -OCH3 is 1. The number of thioether (sulfide) groups is 1. The van der Waals surface area contributed by atoms with E-state index in [9.17, 15) is 4.79 Å². The number of carbonyl (C=O) groups is 1. The summed E-state index contributed by atoms with van der Waals surface area (Å²) in [6, 6.07) is 3.96. The highest BCUT2D eigenvalue weighted by Crippen LogP contribution is 2.38. The molecule has 78 valence electrons. The highest BCUT2D eigenvalue weighted by Gasteiger charge is 2.30. The maximum absolute atomic E-state index is 11.4. The molecule has 0 N–H and O–H groups in total. The first-order valence-electron chi connectivity index (χ1n) is 3.98. The standard InChI is InChI=1S/C9H11BrO2S2/c1-9(2,8(11)12-3)14-7-5-4-6(10)13-7/h4-5H,1-3H3. The van der Waals surface area contributed by atoms with Crippen molar-refractivity contribution in [1.82, 2.24) is 0 Å². The molecule has 0 fully saturated rings. The number of hydrogen-bond donors (Lipinski definition) is 0. The molecule has 0 saturated carbocycles. The van der Waals surface area contributed by atoms with Gasteiger partial charge in [-0.15, -0.1) is 11.3 Å². The molecule has 0 aromatic carbocycles. The lowest BCUT2D eigenvalue weighted by molar-refractivity contribution is -0.142. The van der Waals surface area contributed by atoms with Gasteiger partial charge in [0.1, 0.15) is 4.75 Å². The Kier molecular flexibility index (Phi) is 4.04. The van der Waals surface area contributed by atoms with E-state index >= 15 is 0 Å². The van der Waals surface area contributed by atoms with Crippen molar-refractivity contribution >= 4 is 45.0 Å². The minimum atomic E-state index is -0.529. The molecule has 1 aromatic rings. The van der Waals surface area contributed by atoms with Gasteiger partial charge in [0, 0.05) is 0 Å². The van der Waals surface area contributed by atoms with Crippen LogP contribution in [0.2, 0.25) is 0 Å². The van der Waals surface area contributed by atoms with Gasteiger partial charge < -0.3 is 4.74 Å². The fourth-order valence-corrected chi connectivity index (χ4v) is 4.20. The summed E-state index contributed by atoms with van der Waals surface area (Å²) in [7, 11) is 1.41. The average Bonchev–Trinajstić information content (AvgIpc) is 2.48. The van der Waals surface area contributed by atoms with Crippen LogP contribution in [0.3, 0.4) is 0 Å². The van der Waals surface area contributed by atoms with Crippen molar-refractivity contribution < 1.29 is 9.53 Å². The van der Waals surface area contributed by atoms with Gasteiger partial charge in [-0.3, -0.25) is 4.79 Å². The van der Waals surface area contributed by atoms with Gasteiger partial charge in [0.05, 0.1) is 15.1 Å². The molecule has 5 heteroatoms. The Morgan fingerprint density at radius 2 is 2.21 bits per heavy atom. The Hall–Kier alpha value is -0.0000000000000000833. The van der Waals surface area contributed by atoms with Gasteiger partial charge >= 0.3 is 5.97 Å². The highest BCUT2D eigenvalue weighted by molar-refractivity contribution is 9.11. The smallest absolute Gasteiger partial charge is 0.321 e. The molecule has 0 aliphatic heterocycles. The Balaban J connectivity index is 2.72. The van der Waals surface area contributed by atoms with Crippen LogP contribution in [0.25, 0.3) is 0 Å². The SMILES string of the molecule is COC(=O)C(C)(C)Sc1ccc(Br)s1. The third-order valence-corrected chi connectivity index (χ3v) is 4.51. The van der Waals surface area contributed by atoms with E-state index in [1.165, 1.54) is 18.9 Å². The van der Waals surface area contributed by atoms with E-state index < -0.39 is 4.75 Å². The van der Waals surface area contributed by atoms with E-state index in [0.29, 0.717) is 0 Å². The van der Waals surface area contributed by atoms with Crippen molar-refractivity contribution in [3.8, 4) is 0 Å². The molecule has 1 heterocycles. The van der Waals surface area contributed by atoms with E-state index in [0.717, 1.165) is 8.00 Å². The van der Waals surface area contributed by atoms with Crippen LogP contribution in [-0.4, -0.2) is 17.8 Å². The van der Waals surface area contributed by atoms with Crippen LogP contribution < -0.4 is 0 Å². The van der Waals surface area contributed by atoms with Crippen LogP contribution in [-0.2, 0) is 9.53 Å². The van der Waals surface area contributed by atoms with Crippen molar-refractivity contribution in [2.45, 2.75) is 22.8 Å². The molecule has 0 atom stereocenters. The molecular formula is C9H11BrO2S2. The fraction of sp³-hybridized carbons (Fsp3) is 0.444. The molecule has 1 rings (SSSR count). The molecule has 0 amide bonds. The second-order valence-electron chi connectivity index (χ2n) is 3.16. The monoisotopic (exact) mass is 294 g/mol. The summed E-state index contributed by atoms with van der Waals surface area (Å²) in [4.78, 5) is 11.4. The van der Waals surface area contributed by atoms with Crippen molar-refractivity contribution in [2.75, 3.05) is 7.11 Å². The van der Waals surface area contributed by atoms with E-state index in [4.69, 9.17) is 4.74 Å². The summed E-state index contributed by atoms with van der Waals surface area (Å²) >= 11 is 6.51. The topological polar surface area (TPSA) is 26.3 Å². The second kappa shape index (κ2) is 4.68. The largest absolute Gasteiger partial charge is 0.468 e. The maximum atomic E-state index is 11.4. The van der Waals surface area contributed by atoms with Gasteiger partial charge in [-0.2, -0.15) is 0 Å². The van der Waals surface area contributed by atoms with Crippen LogP contribution in [0, 0.1) is 0 Å². The van der Waals surface area contributed by atoms with Crippen molar-refractivity contribution in [2.24, 2.45) is 0 Å². The Labute approximate surface area is 100 Å². The molecule has 0 aliphatic rings. The number of thiophene rings is 1. The van der Waals surface area contributed by atoms with Crippen LogP contribution in [0.4, 0.5) is 0 Å². The molecule has 0 aliphatic carbocycles. The highest BCUT2D eigenvalue weighted by atomic mass is 79.9. The molecule has 0 unspecified atom stereocenters. The Morgan fingerprint density at radius 1 is 1.57 bits per heavy atom. The predicted octanol–water partition coefficient (Wildman–Crippen LogP) is 3.55. The lowest BCUT2D eigenvalue weighted by atomic mass is 10.2. The summed E-state index contributed by atoms with van der Waals surface area (Å²) in [5.74, 6) is -0.202. The minimum absolute atomic E-state index is 0.202. The molecule has 0 spiro atoms. The second-order valence-corrected chi connectivity index (χ2v) is 7.55. The van der Waals surface area contributed by atoms with Crippen LogP contribution in [0.15, 0.2) is 20.1 Å². The van der Waals surface area contributed by atoms with Crippen molar-refractivity contribution in [3.63, 3.8) is 0 Å². The first-order chi connectivity index (χ1) is 6.45. The molecule has 0 radical (unpaired) electrons. The van der Waals surface area contributed by atoms with Gasteiger partial charge in [0.15, 0.2) is 0 Å². The number of halogens is 1.